The lowest BCUT2D eigenvalue weighted by atomic mass is 9.95. The van der Waals surface area contributed by atoms with E-state index in [0.717, 1.165) is 18.4 Å². The van der Waals surface area contributed by atoms with Crippen LogP contribution in [0.2, 0.25) is 0 Å². The highest BCUT2D eigenvalue weighted by atomic mass is 16.3. The number of hydrogen-bond donors (Lipinski definition) is 1. The van der Waals surface area contributed by atoms with Gasteiger partial charge in [0, 0.05) is 12.4 Å². The van der Waals surface area contributed by atoms with Gasteiger partial charge in [-0.25, -0.2) is 0 Å². The molecule has 0 aromatic carbocycles. The first-order chi connectivity index (χ1) is 7.88. The molecule has 0 saturated carbocycles. The molecule has 1 heterocycles. The molecule has 0 amide bonds. The van der Waals surface area contributed by atoms with Gasteiger partial charge in [-0.3, -0.25) is 9.97 Å². The average Bonchev–Trinajstić information content (AvgIpc) is 2.29. The Bertz CT molecular complexity index is 348. The Balaban J connectivity index is 2.10. The van der Waals surface area contributed by atoms with Crippen molar-refractivity contribution < 1.29 is 5.11 Å². The Kier molecular flexibility index (Phi) is 4.05. The summed E-state index contributed by atoms with van der Waals surface area (Å²) >= 11 is 0. The maximum Gasteiger partial charge on any atom is 0.119 e. The van der Waals surface area contributed by atoms with E-state index < -0.39 is 6.10 Å². The van der Waals surface area contributed by atoms with E-state index in [1.165, 1.54) is 25.7 Å². The topological polar surface area (TPSA) is 46.0 Å². The second kappa shape index (κ2) is 5.75. The number of aromatic nitrogens is 2. The third-order valence-electron chi connectivity index (χ3n) is 3.04. The van der Waals surface area contributed by atoms with Gasteiger partial charge in [0.15, 0.2) is 0 Å². The molecule has 1 aromatic heterocycles. The number of aliphatic hydroxyl groups excluding tert-OH is 1. The zero-order valence-corrected chi connectivity index (χ0v) is 9.47. The lowest BCUT2D eigenvalue weighted by Gasteiger charge is -2.16. The molecule has 0 bridgehead atoms. The fraction of sp³-hybridized carbons (Fsp3) is 0.538. The van der Waals surface area contributed by atoms with Crippen LogP contribution >= 0.6 is 0 Å². The van der Waals surface area contributed by atoms with E-state index >= 15 is 0 Å². The molecular formula is C13H18N2O. The quantitative estimate of drug-likeness (QED) is 0.776. The summed E-state index contributed by atoms with van der Waals surface area (Å²) in [5, 5.41) is 10.2. The minimum absolute atomic E-state index is 0.563. The van der Waals surface area contributed by atoms with Crippen molar-refractivity contribution in [2.24, 2.45) is 0 Å². The van der Waals surface area contributed by atoms with Gasteiger partial charge in [-0.15, -0.1) is 0 Å². The maximum atomic E-state index is 10.2. The van der Waals surface area contributed by atoms with Gasteiger partial charge in [-0.1, -0.05) is 18.9 Å². The van der Waals surface area contributed by atoms with Gasteiger partial charge in [0.1, 0.15) is 6.10 Å². The van der Waals surface area contributed by atoms with Crippen LogP contribution in [0.25, 0.3) is 0 Å². The highest BCUT2D eigenvalue weighted by Gasteiger charge is 2.15. The predicted molar refractivity (Wildman–Crippen MR) is 62.8 cm³/mol. The van der Waals surface area contributed by atoms with Crippen molar-refractivity contribution in [2.45, 2.75) is 44.6 Å². The Hall–Kier alpha value is -1.22. The molecule has 3 nitrogen and oxygen atoms in total. The largest absolute Gasteiger partial charge is 0.382 e. The standard InChI is InChI=1S/C13H18N2O/c16-13(12-10-14-8-9-15-12)11-6-4-2-1-3-5-7-11/h6,8-10,13,16H,1-5,7H2/b11-6+. The molecule has 1 aliphatic rings. The van der Waals surface area contributed by atoms with Crippen LogP contribution in [0.15, 0.2) is 30.2 Å². The summed E-state index contributed by atoms with van der Waals surface area (Å²) < 4.78 is 0. The van der Waals surface area contributed by atoms with E-state index in [1.807, 2.05) is 0 Å². The molecule has 1 unspecified atom stereocenters. The second-order valence-corrected chi connectivity index (χ2v) is 4.26. The number of aliphatic hydroxyl groups is 1. The molecule has 0 saturated heterocycles. The van der Waals surface area contributed by atoms with Gasteiger partial charge in [0.2, 0.25) is 0 Å². The number of hydrogen-bond acceptors (Lipinski definition) is 3. The normalized spacial score (nSPS) is 22.7. The number of rotatable bonds is 2. The highest BCUT2D eigenvalue weighted by molar-refractivity contribution is 5.17. The second-order valence-electron chi connectivity index (χ2n) is 4.26. The van der Waals surface area contributed by atoms with Crippen molar-refractivity contribution in [1.29, 1.82) is 0 Å². The average molecular weight is 218 g/mol. The van der Waals surface area contributed by atoms with E-state index in [-0.39, 0.29) is 0 Å². The van der Waals surface area contributed by atoms with Gasteiger partial charge in [-0.2, -0.15) is 0 Å². The third kappa shape index (κ3) is 2.89. The molecule has 1 atom stereocenters. The molecule has 0 spiro atoms. The van der Waals surface area contributed by atoms with Crippen LogP contribution in [0.1, 0.15) is 50.3 Å². The van der Waals surface area contributed by atoms with Crippen LogP contribution in [-0.4, -0.2) is 15.1 Å². The third-order valence-corrected chi connectivity index (χ3v) is 3.04. The molecule has 1 N–H and O–H groups in total. The van der Waals surface area contributed by atoms with Crippen molar-refractivity contribution in [1.82, 2.24) is 9.97 Å². The minimum Gasteiger partial charge on any atom is -0.382 e. The van der Waals surface area contributed by atoms with Gasteiger partial charge >= 0.3 is 0 Å². The van der Waals surface area contributed by atoms with Gasteiger partial charge < -0.3 is 5.11 Å². The Morgan fingerprint density at radius 1 is 1.12 bits per heavy atom. The molecule has 2 rings (SSSR count). The lowest BCUT2D eigenvalue weighted by Crippen LogP contribution is -2.05. The van der Waals surface area contributed by atoms with Crippen LogP contribution in [-0.2, 0) is 0 Å². The van der Waals surface area contributed by atoms with E-state index in [0.29, 0.717) is 5.69 Å². The van der Waals surface area contributed by atoms with Crippen molar-refractivity contribution >= 4 is 0 Å². The first-order valence-electron chi connectivity index (χ1n) is 6.01. The molecule has 1 aliphatic carbocycles. The number of nitrogens with zero attached hydrogens (tertiary/aromatic N) is 2. The molecule has 3 heteroatoms. The maximum absolute atomic E-state index is 10.2. The van der Waals surface area contributed by atoms with Crippen LogP contribution in [0.3, 0.4) is 0 Å². The van der Waals surface area contributed by atoms with E-state index in [9.17, 15) is 5.11 Å². The summed E-state index contributed by atoms with van der Waals surface area (Å²) in [4.78, 5) is 8.15. The van der Waals surface area contributed by atoms with Gasteiger partial charge in [0.25, 0.3) is 0 Å². The molecular weight excluding hydrogens is 200 g/mol. The van der Waals surface area contributed by atoms with Crippen LogP contribution in [0.4, 0.5) is 0 Å². The van der Waals surface area contributed by atoms with E-state index in [2.05, 4.69) is 16.0 Å². The number of allylic oxidation sites excluding steroid dienone is 1. The van der Waals surface area contributed by atoms with Gasteiger partial charge in [0.05, 0.1) is 11.9 Å². The highest BCUT2D eigenvalue weighted by Crippen LogP contribution is 2.26. The summed E-state index contributed by atoms with van der Waals surface area (Å²) in [7, 11) is 0. The first-order valence-corrected chi connectivity index (χ1v) is 6.01. The van der Waals surface area contributed by atoms with Crippen LogP contribution < -0.4 is 0 Å². The Morgan fingerprint density at radius 3 is 2.81 bits per heavy atom. The Morgan fingerprint density at radius 2 is 2.00 bits per heavy atom. The molecule has 0 aliphatic heterocycles. The molecule has 0 radical (unpaired) electrons. The zero-order valence-electron chi connectivity index (χ0n) is 9.47. The van der Waals surface area contributed by atoms with Crippen molar-refractivity contribution in [3.63, 3.8) is 0 Å². The first kappa shape index (κ1) is 11.3. The van der Waals surface area contributed by atoms with Crippen molar-refractivity contribution in [3.05, 3.63) is 35.9 Å². The lowest BCUT2D eigenvalue weighted by molar-refractivity contribution is 0.204. The van der Waals surface area contributed by atoms with Crippen LogP contribution in [0.5, 0.6) is 0 Å². The smallest absolute Gasteiger partial charge is 0.119 e. The SMILES string of the molecule is OC(/C1=C/CCCCCC1)c1cnccn1. The zero-order chi connectivity index (χ0) is 11.2. The fourth-order valence-corrected chi connectivity index (χ4v) is 2.11. The van der Waals surface area contributed by atoms with Crippen LogP contribution in [0, 0.1) is 0 Å². The summed E-state index contributed by atoms with van der Waals surface area (Å²) in [6.45, 7) is 0. The molecule has 16 heavy (non-hydrogen) atoms. The van der Waals surface area contributed by atoms with Crippen molar-refractivity contribution in [3.8, 4) is 0 Å². The summed E-state index contributed by atoms with van der Waals surface area (Å²) in [6.07, 6.45) is 13.6. The summed E-state index contributed by atoms with van der Waals surface area (Å²) in [6, 6.07) is 0. The minimum atomic E-state index is -0.563. The van der Waals surface area contributed by atoms with Gasteiger partial charge in [-0.05, 0) is 31.3 Å². The molecule has 0 fully saturated rings. The van der Waals surface area contributed by atoms with Crippen molar-refractivity contribution in [2.75, 3.05) is 0 Å². The summed E-state index contributed by atoms with van der Waals surface area (Å²) in [5.74, 6) is 0. The monoisotopic (exact) mass is 218 g/mol. The fourth-order valence-electron chi connectivity index (χ4n) is 2.11. The summed E-state index contributed by atoms with van der Waals surface area (Å²) in [5.41, 5.74) is 1.77. The predicted octanol–water partition coefficient (Wildman–Crippen LogP) is 2.79. The van der Waals surface area contributed by atoms with E-state index in [1.54, 1.807) is 18.6 Å². The molecule has 1 aromatic rings. The Labute approximate surface area is 96.3 Å². The molecule has 86 valence electrons. The van der Waals surface area contributed by atoms with E-state index in [4.69, 9.17) is 0 Å².